The van der Waals surface area contributed by atoms with Crippen molar-refractivity contribution in [2.75, 3.05) is 24.7 Å². The first-order valence-corrected chi connectivity index (χ1v) is 11.6. The summed E-state index contributed by atoms with van der Waals surface area (Å²) in [5.41, 5.74) is 2.16. The number of rotatable bonds is 9. The van der Waals surface area contributed by atoms with Crippen LogP contribution in [0.5, 0.6) is 5.75 Å². The van der Waals surface area contributed by atoms with Crippen molar-refractivity contribution in [3.05, 3.63) is 58.6 Å². The van der Waals surface area contributed by atoms with E-state index in [2.05, 4.69) is 4.99 Å². The van der Waals surface area contributed by atoms with Crippen molar-refractivity contribution in [1.29, 1.82) is 0 Å². The van der Waals surface area contributed by atoms with Gasteiger partial charge in [0.1, 0.15) is 29.8 Å². The number of thioether (sulfide) groups is 1. The number of aliphatic hydroxyl groups excluding tert-OH is 3. The highest BCUT2D eigenvalue weighted by Crippen LogP contribution is 2.40. The highest BCUT2D eigenvalue weighted by molar-refractivity contribution is 8.16. The SMILES string of the molecule is CCC/N=C1\SC(C(O)c2ccc(OC[C@H](O)CO)c(Cl)c2)C(=O)N1c1ccccc1C. The first kappa shape index (κ1) is 24.5. The molecule has 1 aliphatic heterocycles. The van der Waals surface area contributed by atoms with Crippen molar-refractivity contribution in [1.82, 2.24) is 0 Å². The Bertz CT molecular complexity index is 987. The summed E-state index contributed by atoms with van der Waals surface area (Å²) in [5.74, 6) is 0.0708. The maximum absolute atomic E-state index is 13.4. The number of nitrogens with zero attached hydrogens (tertiary/aromatic N) is 2. The summed E-state index contributed by atoms with van der Waals surface area (Å²) in [5, 5.41) is 29.4. The zero-order valence-electron chi connectivity index (χ0n) is 17.9. The van der Waals surface area contributed by atoms with Gasteiger partial charge in [-0.3, -0.25) is 14.7 Å². The minimum atomic E-state index is -1.11. The van der Waals surface area contributed by atoms with Crippen LogP contribution in [0.4, 0.5) is 5.69 Å². The number of amidine groups is 1. The Morgan fingerprint density at radius 1 is 1.25 bits per heavy atom. The van der Waals surface area contributed by atoms with Gasteiger partial charge in [0.05, 0.1) is 17.3 Å². The van der Waals surface area contributed by atoms with Crippen LogP contribution in [0.1, 0.15) is 30.6 Å². The summed E-state index contributed by atoms with van der Waals surface area (Å²) in [4.78, 5) is 19.5. The van der Waals surface area contributed by atoms with Gasteiger partial charge in [0.25, 0.3) is 0 Å². The van der Waals surface area contributed by atoms with Crippen molar-refractivity contribution in [3.8, 4) is 5.75 Å². The second kappa shape index (κ2) is 11.2. The summed E-state index contributed by atoms with van der Waals surface area (Å²) in [6.45, 7) is 3.99. The number of aryl methyl sites for hydroxylation is 1. The highest BCUT2D eigenvalue weighted by atomic mass is 35.5. The Labute approximate surface area is 196 Å². The van der Waals surface area contributed by atoms with Crippen LogP contribution in [0.2, 0.25) is 5.02 Å². The number of amides is 1. The number of ether oxygens (including phenoxy) is 1. The van der Waals surface area contributed by atoms with E-state index in [-0.39, 0.29) is 17.5 Å². The average Bonchev–Trinajstić information content (AvgIpc) is 3.12. The van der Waals surface area contributed by atoms with Gasteiger partial charge in [-0.05, 0) is 42.7 Å². The van der Waals surface area contributed by atoms with Gasteiger partial charge in [0.2, 0.25) is 5.91 Å². The number of anilines is 1. The van der Waals surface area contributed by atoms with Crippen molar-refractivity contribution >= 4 is 40.1 Å². The third kappa shape index (κ3) is 5.44. The molecule has 0 aliphatic carbocycles. The molecular weight excluding hydrogens is 452 g/mol. The van der Waals surface area contributed by atoms with E-state index in [1.807, 2.05) is 38.1 Å². The Kier molecular flexibility index (Phi) is 8.56. The molecule has 32 heavy (non-hydrogen) atoms. The van der Waals surface area contributed by atoms with Crippen LogP contribution in [-0.2, 0) is 4.79 Å². The van der Waals surface area contributed by atoms with E-state index in [9.17, 15) is 15.0 Å². The number of hydrogen-bond donors (Lipinski definition) is 3. The van der Waals surface area contributed by atoms with Gasteiger partial charge in [-0.1, -0.05) is 54.6 Å². The van der Waals surface area contributed by atoms with E-state index in [0.29, 0.717) is 23.0 Å². The van der Waals surface area contributed by atoms with Crippen molar-refractivity contribution in [2.24, 2.45) is 4.99 Å². The molecular formula is C23H27ClN2O5S. The number of benzene rings is 2. The normalized spacial score (nSPS) is 19.4. The largest absolute Gasteiger partial charge is 0.489 e. The molecule has 3 N–H and O–H groups in total. The number of hydrogen-bond acceptors (Lipinski definition) is 7. The maximum Gasteiger partial charge on any atom is 0.249 e. The van der Waals surface area contributed by atoms with Gasteiger partial charge in [-0.15, -0.1) is 0 Å². The number of carbonyl (C=O) groups excluding carboxylic acids is 1. The van der Waals surface area contributed by atoms with E-state index in [0.717, 1.165) is 17.7 Å². The first-order valence-electron chi connectivity index (χ1n) is 10.4. The van der Waals surface area contributed by atoms with Gasteiger partial charge in [0, 0.05) is 6.54 Å². The number of aliphatic imine (C=N–C) groups is 1. The lowest BCUT2D eigenvalue weighted by Gasteiger charge is -2.20. The quantitative estimate of drug-likeness (QED) is 0.511. The van der Waals surface area contributed by atoms with Gasteiger partial charge in [0.15, 0.2) is 5.17 Å². The molecule has 1 saturated heterocycles. The second-order valence-corrected chi connectivity index (χ2v) is 8.96. The molecule has 2 aromatic carbocycles. The molecule has 2 aromatic rings. The minimum Gasteiger partial charge on any atom is -0.489 e. The monoisotopic (exact) mass is 478 g/mol. The molecule has 0 radical (unpaired) electrons. The molecule has 1 heterocycles. The fraction of sp³-hybridized carbons (Fsp3) is 0.391. The molecule has 1 aliphatic rings. The number of carbonyl (C=O) groups is 1. The third-order valence-corrected chi connectivity index (χ3v) is 6.47. The fourth-order valence-corrected chi connectivity index (χ4v) is 4.64. The topological polar surface area (TPSA) is 103 Å². The molecule has 0 saturated carbocycles. The van der Waals surface area contributed by atoms with E-state index < -0.39 is 24.1 Å². The summed E-state index contributed by atoms with van der Waals surface area (Å²) < 4.78 is 5.40. The molecule has 0 aromatic heterocycles. The zero-order valence-corrected chi connectivity index (χ0v) is 19.5. The van der Waals surface area contributed by atoms with E-state index in [4.69, 9.17) is 21.4 Å². The molecule has 1 fully saturated rings. The molecule has 172 valence electrons. The zero-order chi connectivity index (χ0) is 23.3. The molecule has 1 amide bonds. The Hall–Kier alpha value is -2.10. The molecule has 9 heteroatoms. The molecule has 2 unspecified atom stereocenters. The number of aliphatic hydroxyl groups is 3. The first-order chi connectivity index (χ1) is 15.4. The number of para-hydroxylation sites is 1. The van der Waals surface area contributed by atoms with Crippen molar-refractivity contribution < 1.29 is 24.9 Å². The van der Waals surface area contributed by atoms with Crippen molar-refractivity contribution in [3.63, 3.8) is 0 Å². The van der Waals surface area contributed by atoms with Crippen LogP contribution < -0.4 is 9.64 Å². The Balaban J connectivity index is 1.85. The smallest absolute Gasteiger partial charge is 0.249 e. The standard InChI is InChI=1S/C23H27ClN2O5S/c1-3-10-25-23-26(18-7-5-4-6-14(18)2)22(30)21(32-23)20(29)15-8-9-19(17(24)11-15)31-13-16(28)12-27/h4-9,11,16,20-21,27-29H,3,10,12-13H2,1-2H3/b25-23-/t16-,20?,21?/m1/s1. The van der Waals surface area contributed by atoms with Crippen LogP contribution >= 0.6 is 23.4 Å². The van der Waals surface area contributed by atoms with Gasteiger partial charge < -0.3 is 20.1 Å². The summed E-state index contributed by atoms with van der Waals surface area (Å²) >= 11 is 7.52. The third-order valence-electron chi connectivity index (χ3n) is 4.94. The minimum absolute atomic E-state index is 0.113. The van der Waals surface area contributed by atoms with Gasteiger partial charge in [-0.2, -0.15) is 0 Å². The van der Waals surface area contributed by atoms with Crippen LogP contribution in [0, 0.1) is 6.92 Å². The molecule has 0 bridgehead atoms. The van der Waals surface area contributed by atoms with Gasteiger partial charge in [-0.25, -0.2) is 0 Å². The lowest BCUT2D eigenvalue weighted by Crippen LogP contribution is -2.34. The van der Waals surface area contributed by atoms with Gasteiger partial charge >= 0.3 is 0 Å². The molecule has 3 rings (SSSR count). The van der Waals surface area contributed by atoms with Crippen LogP contribution in [-0.4, -0.2) is 57.5 Å². The number of halogens is 1. The Morgan fingerprint density at radius 2 is 2.00 bits per heavy atom. The Morgan fingerprint density at radius 3 is 2.66 bits per heavy atom. The summed E-state index contributed by atoms with van der Waals surface area (Å²) in [6, 6.07) is 12.3. The highest BCUT2D eigenvalue weighted by Gasteiger charge is 2.43. The lowest BCUT2D eigenvalue weighted by atomic mass is 10.0. The molecule has 7 nitrogen and oxygen atoms in total. The van der Waals surface area contributed by atoms with E-state index in [1.54, 1.807) is 23.1 Å². The van der Waals surface area contributed by atoms with E-state index in [1.165, 1.54) is 11.8 Å². The van der Waals surface area contributed by atoms with E-state index >= 15 is 0 Å². The predicted molar refractivity (Wildman–Crippen MR) is 128 cm³/mol. The van der Waals surface area contributed by atoms with Crippen molar-refractivity contribution in [2.45, 2.75) is 37.7 Å². The predicted octanol–water partition coefficient (Wildman–Crippen LogP) is 3.33. The molecule has 3 atom stereocenters. The van der Waals surface area contributed by atoms with Crippen LogP contribution in [0.25, 0.3) is 0 Å². The summed E-state index contributed by atoms with van der Waals surface area (Å²) in [6.07, 6.45) is -1.28. The second-order valence-electron chi connectivity index (χ2n) is 7.44. The van der Waals surface area contributed by atoms with Crippen LogP contribution in [0.3, 0.4) is 0 Å². The maximum atomic E-state index is 13.4. The summed E-state index contributed by atoms with van der Waals surface area (Å²) in [7, 11) is 0. The lowest BCUT2D eigenvalue weighted by molar-refractivity contribution is -0.118. The molecule has 0 spiro atoms. The van der Waals surface area contributed by atoms with Crippen LogP contribution in [0.15, 0.2) is 47.5 Å². The average molecular weight is 479 g/mol. The fourth-order valence-electron chi connectivity index (χ4n) is 3.22.